The second-order valence-electron chi connectivity index (χ2n) is 25.1. The third kappa shape index (κ3) is 8.65. The molecule has 93 heavy (non-hydrogen) atoms. The van der Waals surface area contributed by atoms with Gasteiger partial charge in [-0.1, -0.05) is 251 Å². The highest BCUT2D eigenvalue weighted by atomic mass is 15.2. The van der Waals surface area contributed by atoms with Crippen molar-refractivity contribution < 1.29 is 11.0 Å². The van der Waals surface area contributed by atoms with Crippen LogP contribution in [0.3, 0.4) is 0 Å². The van der Waals surface area contributed by atoms with Gasteiger partial charge in [0.25, 0.3) is 6.71 Å². The van der Waals surface area contributed by atoms with Crippen LogP contribution in [0.4, 0.5) is 34.1 Å². The van der Waals surface area contributed by atoms with E-state index in [0.717, 1.165) is 117 Å². The van der Waals surface area contributed by atoms with Crippen LogP contribution in [0.5, 0.6) is 0 Å². The first-order valence-corrected chi connectivity index (χ1v) is 31.5. The minimum atomic E-state index is -0.520. The van der Waals surface area contributed by atoms with Crippen LogP contribution in [0.1, 0.15) is 37.3 Å². The number of hydrogen-bond donors (Lipinski definition) is 0. The molecule has 0 saturated carbocycles. The van der Waals surface area contributed by atoms with Crippen molar-refractivity contribution in [2.45, 2.75) is 26.2 Å². The Hall–Kier alpha value is -11.8. The van der Waals surface area contributed by atoms with Gasteiger partial charge in [0.15, 0.2) is 0 Å². The average Bonchev–Trinajstić information content (AvgIpc) is 1.13. The topological polar surface area (TPSA) is 42.1 Å². The quantitative estimate of drug-likeness (QED) is 0.135. The summed E-state index contributed by atoms with van der Waals surface area (Å²) in [6.45, 7) is 6.17. The fourth-order valence-electron chi connectivity index (χ4n) is 14.6. The smallest absolute Gasteiger partial charge is 0.252 e. The molecule has 0 aliphatic carbocycles. The molecule has 0 saturated heterocycles. The van der Waals surface area contributed by atoms with E-state index in [-0.39, 0.29) is 53.8 Å². The summed E-state index contributed by atoms with van der Waals surface area (Å²) < 4.78 is 78.7. The van der Waals surface area contributed by atoms with Gasteiger partial charge in [0.05, 0.1) is 44.4 Å². The van der Waals surface area contributed by atoms with E-state index in [1.807, 2.05) is 107 Å². The van der Waals surface area contributed by atoms with Crippen LogP contribution < -0.4 is 26.2 Å². The molecule has 6 heterocycles. The minimum Gasteiger partial charge on any atom is -0.310 e. The lowest BCUT2D eigenvalue weighted by Gasteiger charge is -2.46. The number of para-hydroxylation sites is 4. The van der Waals surface area contributed by atoms with Crippen molar-refractivity contribution in [1.29, 1.82) is 0 Å². The standard InChI is InChI=1S/C86H61BN6/c1-86(2,3)62-42-40-56(41-43-62)61-48-81-83-82(49-61)93(85-71(59-28-12-6-13-29-59)54-89-55-72(85)60-30-14-7-15-31-60)80-51-64(91-77-38-22-18-34-67(77)68-35-19-23-39-78(68)91)45-47-74(80)87(83)73-46-44-63(90-75-36-20-16-32-65(75)66-33-17-21-37-76(66)90)50-79(73)92(81)84-69(57-24-8-4-9-25-57)52-88-53-70(84)58-26-10-5-11-27-58/h4-55H,1-3H3/i16D,18D,20D,22D,32D,34D,36D,38D. The highest BCUT2D eigenvalue weighted by Crippen LogP contribution is 2.54. The number of anilines is 6. The molecule has 18 rings (SSSR count). The maximum Gasteiger partial charge on any atom is 0.252 e. The third-order valence-corrected chi connectivity index (χ3v) is 18.9. The molecule has 0 N–H and O–H groups in total. The summed E-state index contributed by atoms with van der Waals surface area (Å²) in [5, 5.41) is 2.26. The Morgan fingerprint density at radius 2 is 0.710 bits per heavy atom. The van der Waals surface area contributed by atoms with E-state index >= 15 is 0 Å². The first-order chi connectivity index (χ1) is 49.1. The molecule has 0 spiro atoms. The van der Waals surface area contributed by atoms with E-state index in [9.17, 15) is 8.22 Å². The Balaban J connectivity index is 1.04. The van der Waals surface area contributed by atoms with Crippen LogP contribution in [0.15, 0.2) is 316 Å². The zero-order valence-electron chi connectivity index (χ0n) is 59.2. The predicted molar refractivity (Wildman–Crippen MR) is 391 cm³/mol. The molecule has 438 valence electrons. The monoisotopic (exact) mass is 1200 g/mol. The number of benzene rings is 12. The van der Waals surface area contributed by atoms with E-state index < -0.39 is 6.71 Å². The van der Waals surface area contributed by atoms with E-state index in [4.69, 9.17) is 12.7 Å². The van der Waals surface area contributed by atoms with Crippen molar-refractivity contribution in [2.24, 2.45) is 0 Å². The van der Waals surface area contributed by atoms with Gasteiger partial charge in [-0.15, -0.1) is 0 Å². The Morgan fingerprint density at radius 1 is 0.333 bits per heavy atom. The van der Waals surface area contributed by atoms with Gasteiger partial charge in [0.1, 0.15) is 0 Å². The second-order valence-corrected chi connectivity index (χ2v) is 25.1. The molecular formula is C86H61BN6. The summed E-state index contributed by atoms with van der Waals surface area (Å²) in [5.74, 6) is 0. The fraction of sp³-hybridized carbons (Fsp3) is 0.0465. The van der Waals surface area contributed by atoms with Crippen molar-refractivity contribution in [3.8, 4) is 67.0 Å². The van der Waals surface area contributed by atoms with Crippen molar-refractivity contribution >= 4 is 101 Å². The molecule has 0 fully saturated rings. The molecular weight excluding hydrogens is 1130 g/mol. The molecule has 0 bridgehead atoms. The molecule has 0 radical (unpaired) electrons. The zero-order valence-corrected chi connectivity index (χ0v) is 51.2. The van der Waals surface area contributed by atoms with Crippen LogP contribution in [0.25, 0.3) is 111 Å². The summed E-state index contributed by atoms with van der Waals surface area (Å²) in [6, 6.07) is 82.1. The number of aromatic nitrogens is 4. The molecule has 6 nitrogen and oxygen atoms in total. The van der Waals surface area contributed by atoms with Gasteiger partial charge in [-0.05, 0) is 121 Å². The number of fused-ring (bicyclic) bond motifs is 10. The van der Waals surface area contributed by atoms with Gasteiger partial charge in [0.2, 0.25) is 0 Å². The summed E-state index contributed by atoms with van der Waals surface area (Å²) in [4.78, 5) is 15.1. The number of pyridine rings is 2. The van der Waals surface area contributed by atoms with E-state index in [2.05, 4.69) is 200 Å². The summed E-state index contributed by atoms with van der Waals surface area (Å²) in [6.07, 6.45) is 7.85. The van der Waals surface area contributed by atoms with E-state index in [1.165, 1.54) is 5.56 Å². The Kier molecular flexibility index (Phi) is 10.7. The van der Waals surface area contributed by atoms with Crippen LogP contribution in [0, 0.1) is 0 Å². The molecule has 4 aromatic heterocycles. The summed E-state index contributed by atoms with van der Waals surface area (Å²) in [5.41, 5.74) is 21.8. The van der Waals surface area contributed by atoms with Gasteiger partial charge in [-0.25, -0.2) is 0 Å². The molecule has 0 amide bonds. The normalized spacial score (nSPS) is 13.8. The van der Waals surface area contributed by atoms with Crippen molar-refractivity contribution in [2.75, 3.05) is 9.80 Å². The lowest BCUT2D eigenvalue weighted by atomic mass is 9.33. The number of nitrogens with zero attached hydrogens (tertiary/aromatic N) is 6. The first-order valence-electron chi connectivity index (χ1n) is 35.5. The highest BCUT2D eigenvalue weighted by molar-refractivity contribution is 7.00. The Bertz CT molecular complexity index is 5660. The van der Waals surface area contributed by atoms with Crippen molar-refractivity contribution in [3.63, 3.8) is 0 Å². The average molecular weight is 1200 g/mol. The maximum absolute atomic E-state index is 9.73. The van der Waals surface area contributed by atoms with Gasteiger partial charge < -0.3 is 18.9 Å². The molecule has 7 heteroatoms. The van der Waals surface area contributed by atoms with Crippen molar-refractivity contribution in [3.05, 3.63) is 321 Å². The van der Waals surface area contributed by atoms with Crippen LogP contribution >= 0.6 is 0 Å². The van der Waals surface area contributed by atoms with Gasteiger partial charge >= 0.3 is 0 Å². The largest absolute Gasteiger partial charge is 0.310 e. The molecule has 16 aromatic rings. The SMILES string of the molecule is [2H]c1c([2H])c([2H])c2c(c1[2H])c1ccccc1n2-c1ccc2c(c1)N(c1c(-c3ccccc3)cncc1-c1ccccc1)c1cc(-c3ccc(C(C)(C)C)cc3)cc3c1B2c1ccc(-n2c4ccccc4c4c([2H])c([2H])c([2H])c([2H])c42)cc1N3c1c(-c2ccccc2)cncc1-c1ccccc1. The van der Waals surface area contributed by atoms with E-state index in [0.29, 0.717) is 44.0 Å². The summed E-state index contributed by atoms with van der Waals surface area (Å²) in [7, 11) is 0. The molecule has 2 aliphatic rings. The first kappa shape index (κ1) is 46.3. The lowest BCUT2D eigenvalue weighted by Crippen LogP contribution is -2.61. The van der Waals surface area contributed by atoms with Gasteiger partial charge in [0, 0.05) is 103 Å². The van der Waals surface area contributed by atoms with Crippen molar-refractivity contribution in [1.82, 2.24) is 19.1 Å². The lowest BCUT2D eigenvalue weighted by molar-refractivity contribution is 0.590. The van der Waals surface area contributed by atoms with Gasteiger partial charge in [-0.2, -0.15) is 0 Å². The molecule has 2 aliphatic heterocycles. The highest BCUT2D eigenvalue weighted by Gasteiger charge is 2.46. The number of rotatable bonds is 9. The molecule has 0 atom stereocenters. The fourth-order valence-corrected chi connectivity index (χ4v) is 14.6. The minimum absolute atomic E-state index is 0.110. The number of hydrogen-bond acceptors (Lipinski definition) is 4. The van der Waals surface area contributed by atoms with Crippen LogP contribution in [0.2, 0.25) is 0 Å². The van der Waals surface area contributed by atoms with Crippen LogP contribution in [-0.2, 0) is 5.41 Å². The molecule has 12 aromatic carbocycles. The Labute approximate surface area is 552 Å². The zero-order chi connectivity index (χ0) is 68.9. The summed E-state index contributed by atoms with van der Waals surface area (Å²) >= 11 is 0. The third-order valence-electron chi connectivity index (χ3n) is 18.9. The Morgan fingerprint density at radius 3 is 1.11 bits per heavy atom. The van der Waals surface area contributed by atoms with Gasteiger partial charge in [-0.3, -0.25) is 9.97 Å². The maximum atomic E-state index is 9.73. The predicted octanol–water partition coefficient (Wildman–Crippen LogP) is 20.4. The molecule has 0 unspecified atom stereocenters. The second kappa shape index (κ2) is 21.4. The van der Waals surface area contributed by atoms with E-state index in [1.54, 1.807) is 0 Å². The van der Waals surface area contributed by atoms with Crippen LogP contribution in [-0.4, -0.2) is 25.8 Å².